The van der Waals surface area contributed by atoms with Gasteiger partial charge in [-0.25, -0.2) is 4.79 Å². The number of benzene rings is 1. The average Bonchev–Trinajstić information content (AvgIpc) is 2.76. The number of aromatic hydroxyl groups is 1. The van der Waals surface area contributed by atoms with Crippen LogP contribution in [0.4, 0.5) is 0 Å². The third-order valence-electron chi connectivity index (χ3n) is 5.04. The molecule has 1 aromatic heterocycles. The molecule has 2 N–H and O–H groups in total. The third kappa shape index (κ3) is 2.17. The van der Waals surface area contributed by atoms with Crippen LogP contribution >= 0.6 is 11.6 Å². The van der Waals surface area contributed by atoms with Crippen molar-refractivity contribution in [3.05, 3.63) is 51.8 Å². The van der Waals surface area contributed by atoms with Gasteiger partial charge in [-0.2, -0.15) is 0 Å². The molecule has 2 aliphatic heterocycles. The van der Waals surface area contributed by atoms with Gasteiger partial charge in [-0.05, 0) is 44.0 Å². The van der Waals surface area contributed by atoms with E-state index in [0.717, 1.165) is 11.1 Å². The first-order valence-corrected chi connectivity index (χ1v) is 8.41. The summed E-state index contributed by atoms with van der Waals surface area (Å²) in [5, 5.41) is 21.1. The molecular formula is C18H17ClN2O4. The van der Waals surface area contributed by atoms with Gasteiger partial charge in [0, 0.05) is 17.8 Å². The molecule has 0 amide bonds. The minimum Gasteiger partial charge on any atom is -0.508 e. The number of nitrogens with zero attached hydrogens (tertiary/aromatic N) is 2. The number of halogens is 1. The van der Waals surface area contributed by atoms with Gasteiger partial charge < -0.3 is 10.2 Å². The second-order valence-electron chi connectivity index (χ2n) is 7.18. The van der Waals surface area contributed by atoms with Crippen molar-refractivity contribution in [2.45, 2.75) is 37.2 Å². The van der Waals surface area contributed by atoms with Crippen molar-refractivity contribution in [3.63, 3.8) is 0 Å². The van der Waals surface area contributed by atoms with E-state index in [9.17, 15) is 19.8 Å². The Morgan fingerprint density at radius 2 is 2.04 bits per heavy atom. The van der Waals surface area contributed by atoms with Crippen molar-refractivity contribution in [1.29, 1.82) is 0 Å². The maximum Gasteiger partial charge on any atom is 0.341 e. The second kappa shape index (κ2) is 5.02. The maximum atomic E-state index is 12.2. The smallest absolute Gasteiger partial charge is 0.341 e. The van der Waals surface area contributed by atoms with E-state index in [4.69, 9.17) is 11.6 Å². The van der Waals surface area contributed by atoms with Crippen LogP contribution in [0.5, 0.6) is 5.75 Å². The second-order valence-corrected chi connectivity index (χ2v) is 7.74. The van der Waals surface area contributed by atoms with Gasteiger partial charge in [-0.15, -0.1) is 11.6 Å². The number of hydrogen-bond donors (Lipinski definition) is 2. The molecule has 25 heavy (non-hydrogen) atoms. The zero-order chi connectivity index (χ0) is 18.1. The van der Waals surface area contributed by atoms with Crippen LogP contribution in [-0.4, -0.2) is 31.8 Å². The normalized spacial score (nSPS) is 22.9. The fraction of sp³-hybridized carbons (Fsp3) is 0.333. The predicted octanol–water partition coefficient (Wildman–Crippen LogP) is 2.70. The number of fused-ring (bicyclic) bond motifs is 6. The molecule has 0 spiro atoms. The summed E-state index contributed by atoms with van der Waals surface area (Å²) in [7, 11) is 0. The lowest BCUT2D eigenvalue weighted by atomic mass is 9.94. The summed E-state index contributed by atoms with van der Waals surface area (Å²) < 4.78 is 1.73. The van der Waals surface area contributed by atoms with Gasteiger partial charge >= 0.3 is 5.97 Å². The Kier molecular flexibility index (Phi) is 3.22. The lowest BCUT2D eigenvalue weighted by Crippen LogP contribution is -2.50. The lowest BCUT2D eigenvalue weighted by Gasteiger charge is -2.44. The Morgan fingerprint density at radius 3 is 2.72 bits per heavy atom. The number of aromatic carboxylic acids is 1. The van der Waals surface area contributed by atoms with Crippen LogP contribution in [0.15, 0.2) is 35.3 Å². The summed E-state index contributed by atoms with van der Waals surface area (Å²) in [4.78, 5) is 23.7. The van der Waals surface area contributed by atoms with Crippen molar-refractivity contribution < 1.29 is 15.0 Å². The van der Waals surface area contributed by atoms with E-state index in [1.807, 2.05) is 18.9 Å². The number of alkyl halides is 1. The Morgan fingerprint density at radius 1 is 1.32 bits per heavy atom. The number of phenolic OH excluding ortho intramolecular Hbond substituents is 1. The highest BCUT2D eigenvalue weighted by atomic mass is 35.5. The number of pyridine rings is 1. The highest BCUT2D eigenvalue weighted by Gasteiger charge is 2.50. The van der Waals surface area contributed by atoms with Gasteiger partial charge in [0.2, 0.25) is 0 Å². The largest absolute Gasteiger partial charge is 0.508 e. The molecule has 1 unspecified atom stereocenters. The molecular weight excluding hydrogens is 344 g/mol. The van der Waals surface area contributed by atoms with Gasteiger partial charge in [0.15, 0.2) is 5.43 Å². The van der Waals surface area contributed by atoms with E-state index in [-0.39, 0.29) is 28.3 Å². The minimum absolute atomic E-state index is 0.130. The molecule has 2 aromatic rings. The fourth-order valence-electron chi connectivity index (χ4n) is 4.06. The Bertz CT molecular complexity index is 966. The monoisotopic (exact) mass is 360 g/mol. The molecule has 2 aliphatic rings. The standard InChI is InChI=1S/C18H17ClN2O4/c1-18(2)7-13(19)16-11-5-9(22)3-4-10(11)14-6-15(23)12(17(24)25)8-20(14)21(16)18/h3-6,8,13,16,22H,7H2,1-2H3,(H,24,25)/t13-,16?/m1/s1. The Balaban J connectivity index is 2.09. The number of rotatable bonds is 1. The topological polar surface area (TPSA) is 82.8 Å². The van der Waals surface area contributed by atoms with Crippen molar-refractivity contribution in [2.24, 2.45) is 0 Å². The quantitative estimate of drug-likeness (QED) is 0.764. The summed E-state index contributed by atoms with van der Waals surface area (Å²) in [5.74, 6) is -1.13. The van der Waals surface area contributed by atoms with E-state index in [1.165, 1.54) is 12.3 Å². The van der Waals surface area contributed by atoms with Crippen molar-refractivity contribution >= 4 is 17.6 Å². The SMILES string of the molecule is CC1(C)C[C@@H](Cl)C2c3cc(O)ccc3-c3cc(=O)c(C(=O)O)cn3N21. The van der Waals surface area contributed by atoms with Crippen LogP contribution in [0.25, 0.3) is 11.3 Å². The highest BCUT2D eigenvalue weighted by molar-refractivity contribution is 6.21. The van der Waals surface area contributed by atoms with E-state index in [0.29, 0.717) is 12.1 Å². The van der Waals surface area contributed by atoms with E-state index in [2.05, 4.69) is 0 Å². The summed E-state index contributed by atoms with van der Waals surface area (Å²) in [5.41, 5.74) is 1.04. The molecule has 1 fully saturated rings. The number of carboxylic acid groups (broad SMARTS) is 1. The van der Waals surface area contributed by atoms with Crippen LogP contribution in [0.1, 0.15) is 42.2 Å². The summed E-state index contributed by atoms with van der Waals surface area (Å²) in [6, 6.07) is 6.08. The van der Waals surface area contributed by atoms with E-state index >= 15 is 0 Å². The Labute approximate surface area is 148 Å². The van der Waals surface area contributed by atoms with Gasteiger partial charge in [0.25, 0.3) is 0 Å². The third-order valence-corrected chi connectivity index (χ3v) is 5.44. The maximum absolute atomic E-state index is 12.2. The van der Waals surface area contributed by atoms with Crippen molar-refractivity contribution in [3.8, 4) is 17.0 Å². The van der Waals surface area contributed by atoms with Crippen molar-refractivity contribution in [2.75, 3.05) is 5.01 Å². The van der Waals surface area contributed by atoms with Gasteiger partial charge in [-0.3, -0.25) is 14.5 Å². The molecule has 130 valence electrons. The van der Waals surface area contributed by atoms with Crippen molar-refractivity contribution in [1.82, 2.24) is 4.68 Å². The number of aromatic nitrogens is 1. The lowest BCUT2D eigenvalue weighted by molar-refractivity contribution is 0.0694. The molecule has 3 heterocycles. The van der Waals surface area contributed by atoms with Crippen LogP contribution < -0.4 is 10.4 Å². The molecule has 4 rings (SSSR count). The number of carbonyl (C=O) groups is 1. The molecule has 1 saturated heterocycles. The Hall–Kier alpha value is -2.47. The predicted molar refractivity (Wildman–Crippen MR) is 94.1 cm³/mol. The van der Waals surface area contributed by atoms with Crippen LogP contribution in [0, 0.1) is 0 Å². The average molecular weight is 361 g/mol. The molecule has 0 saturated carbocycles. The van der Waals surface area contributed by atoms with Crippen LogP contribution in [-0.2, 0) is 0 Å². The first kappa shape index (κ1) is 16.0. The molecule has 0 radical (unpaired) electrons. The van der Waals surface area contributed by atoms with Gasteiger partial charge in [0.1, 0.15) is 11.3 Å². The number of carboxylic acids is 1. The highest BCUT2D eigenvalue weighted by Crippen LogP contribution is 2.50. The molecule has 0 bridgehead atoms. The molecule has 2 atom stereocenters. The molecule has 7 heteroatoms. The van der Waals surface area contributed by atoms with E-state index < -0.39 is 11.4 Å². The number of phenols is 1. The van der Waals surface area contributed by atoms with Gasteiger partial charge in [-0.1, -0.05) is 0 Å². The summed E-state index contributed by atoms with van der Waals surface area (Å²) >= 11 is 6.64. The first-order valence-electron chi connectivity index (χ1n) is 7.98. The summed E-state index contributed by atoms with van der Waals surface area (Å²) in [6.45, 7) is 4.05. The minimum atomic E-state index is -1.26. The molecule has 1 aromatic carbocycles. The molecule has 0 aliphatic carbocycles. The zero-order valence-corrected chi connectivity index (χ0v) is 14.5. The summed E-state index contributed by atoms with van der Waals surface area (Å²) in [6.07, 6.45) is 2.06. The van der Waals surface area contributed by atoms with Crippen LogP contribution in [0.3, 0.4) is 0 Å². The van der Waals surface area contributed by atoms with Crippen LogP contribution in [0.2, 0.25) is 0 Å². The number of hydrogen-bond acceptors (Lipinski definition) is 4. The first-order chi connectivity index (χ1) is 11.7. The molecule has 6 nitrogen and oxygen atoms in total. The fourth-order valence-corrected chi connectivity index (χ4v) is 4.68. The van der Waals surface area contributed by atoms with E-state index in [1.54, 1.807) is 22.9 Å². The van der Waals surface area contributed by atoms with Gasteiger partial charge in [0.05, 0.1) is 22.7 Å². The zero-order valence-electron chi connectivity index (χ0n) is 13.7.